The van der Waals surface area contributed by atoms with Gasteiger partial charge in [0.05, 0.1) is 22.3 Å². The lowest BCUT2D eigenvalue weighted by atomic mass is 9.92. The lowest BCUT2D eigenvalue weighted by Crippen LogP contribution is -2.08. The van der Waals surface area contributed by atoms with Crippen LogP contribution in [-0.2, 0) is 0 Å². The van der Waals surface area contributed by atoms with E-state index in [1.54, 1.807) is 6.07 Å². The van der Waals surface area contributed by atoms with Gasteiger partial charge in [-0.25, -0.2) is 4.98 Å². The first kappa shape index (κ1) is 22.7. The van der Waals surface area contributed by atoms with Crippen LogP contribution in [0.15, 0.2) is 108 Å². The van der Waals surface area contributed by atoms with Gasteiger partial charge in [-0.15, -0.1) is 0 Å². The summed E-state index contributed by atoms with van der Waals surface area (Å²) in [5.41, 5.74) is 8.45. The number of imidazole rings is 1. The van der Waals surface area contributed by atoms with Gasteiger partial charge in [0.1, 0.15) is 17.0 Å². The predicted molar refractivity (Wildman–Crippen MR) is 182 cm³/mol. The molecule has 3 nitrogen and oxygen atoms in total. The van der Waals surface area contributed by atoms with E-state index in [1.165, 1.54) is 16.8 Å². The van der Waals surface area contributed by atoms with Gasteiger partial charge >= 0.3 is 0 Å². The van der Waals surface area contributed by atoms with Gasteiger partial charge in [-0.2, -0.15) is 0 Å². The predicted octanol–water partition coefficient (Wildman–Crippen LogP) is 11.5. The summed E-state index contributed by atoms with van der Waals surface area (Å²) in [6, 6.07) is 34.9. The molecule has 0 aliphatic carbocycles. The minimum atomic E-state index is -2.23. The van der Waals surface area contributed by atoms with Crippen LogP contribution in [0.4, 0.5) is 0 Å². The Labute approximate surface area is 255 Å². The lowest BCUT2D eigenvalue weighted by molar-refractivity contribution is 0.670. The largest absolute Gasteiger partial charge is 0.455 e. The van der Waals surface area contributed by atoms with Crippen LogP contribution in [0.3, 0.4) is 0 Å². The highest BCUT2D eigenvalue weighted by atomic mass is 16.3. The van der Waals surface area contributed by atoms with Crippen LogP contribution in [0.5, 0.6) is 0 Å². The van der Waals surface area contributed by atoms with Crippen LogP contribution in [0.25, 0.3) is 71.6 Å². The zero-order valence-electron chi connectivity index (χ0n) is 27.8. The zero-order chi connectivity index (χ0) is 31.9. The number of nitrogens with zero attached hydrogens (tertiary/aromatic N) is 2. The minimum Gasteiger partial charge on any atom is -0.455 e. The fraction of sp³-hybridized carbons (Fsp3) is 0.175. The Morgan fingerprint density at radius 3 is 2.14 bits per heavy atom. The average molecular weight is 562 g/mol. The minimum absolute atomic E-state index is 0.312. The summed E-state index contributed by atoms with van der Waals surface area (Å²) >= 11 is 0. The van der Waals surface area contributed by atoms with E-state index in [0.717, 1.165) is 65.9 Å². The van der Waals surface area contributed by atoms with Gasteiger partial charge in [0, 0.05) is 14.9 Å². The number of furan rings is 1. The van der Waals surface area contributed by atoms with Gasteiger partial charge in [0.2, 0.25) is 0 Å². The third-order valence-corrected chi connectivity index (χ3v) is 8.84. The highest BCUT2D eigenvalue weighted by Crippen LogP contribution is 2.42. The molecule has 3 heteroatoms. The molecule has 0 atom stereocenters. The first-order chi connectivity index (χ1) is 22.1. The van der Waals surface area contributed by atoms with Crippen LogP contribution in [0, 0.1) is 6.85 Å². The Morgan fingerprint density at radius 2 is 1.37 bits per heavy atom. The van der Waals surface area contributed by atoms with E-state index in [2.05, 4.69) is 92.9 Å². The Hall–Kier alpha value is -4.89. The first-order valence-corrected chi connectivity index (χ1v) is 15.0. The van der Waals surface area contributed by atoms with Crippen molar-refractivity contribution in [3.8, 4) is 17.1 Å². The van der Waals surface area contributed by atoms with Crippen LogP contribution in [-0.4, -0.2) is 9.55 Å². The third kappa shape index (κ3) is 3.84. The van der Waals surface area contributed by atoms with Gasteiger partial charge in [0.25, 0.3) is 0 Å². The number of hydrogen-bond donors (Lipinski definition) is 0. The summed E-state index contributed by atoms with van der Waals surface area (Å²) in [4.78, 5) is 5.26. The quantitative estimate of drug-likeness (QED) is 0.200. The molecule has 0 radical (unpaired) electrons. The number of para-hydroxylation sites is 4. The molecule has 0 N–H and O–H groups in total. The normalized spacial score (nSPS) is 13.6. The maximum Gasteiger partial charge on any atom is 0.149 e. The molecule has 2 heterocycles. The van der Waals surface area contributed by atoms with E-state index in [9.17, 15) is 0 Å². The second kappa shape index (κ2) is 9.57. The van der Waals surface area contributed by atoms with Crippen molar-refractivity contribution in [3.63, 3.8) is 0 Å². The number of fused-ring (bicyclic) bond motifs is 7. The van der Waals surface area contributed by atoms with Crippen molar-refractivity contribution in [1.29, 1.82) is 0 Å². The molecule has 210 valence electrons. The van der Waals surface area contributed by atoms with Gasteiger partial charge in [0.15, 0.2) is 0 Å². The molecule has 0 saturated carbocycles. The summed E-state index contributed by atoms with van der Waals surface area (Å²) < 4.78 is 33.7. The van der Waals surface area contributed by atoms with Crippen molar-refractivity contribution >= 4 is 54.5 Å². The zero-order valence-corrected chi connectivity index (χ0v) is 24.8. The van der Waals surface area contributed by atoms with Crippen LogP contribution < -0.4 is 0 Å². The summed E-state index contributed by atoms with van der Waals surface area (Å²) in [7, 11) is 0. The molecular weight excluding hydrogens is 524 g/mol. The maximum absolute atomic E-state index is 8.22. The topological polar surface area (TPSA) is 31.0 Å². The highest BCUT2D eigenvalue weighted by molar-refractivity contribution is 6.18. The van der Waals surface area contributed by atoms with Gasteiger partial charge in [-0.05, 0) is 87.3 Å². The van der Waals surface area contributed by atoms with E-state index in [-0.39, 0.29) is 0 Å². The summed E-state index contributed by atoms with van der Waals surface area (Å²) in [5, 5.41) is 5.51. The molecule has 6 aromatic carbocycles. The van der Waals surface area contributed by atoms with E-state index in [1.807, 2.05) is 36.4 Å². The standard InChI is InChI=1S/C40H34N2O/c1-23(2)27-14-10-15-28(24(3)4)38(27)42-36-19-9-8-18-35(36)41-40(42)32-17-11-16-31-34-22-33-26(21-37(34)43-39(31)32)20-25(5)29-12-6-7-13-30(29)33/h6-24H,1-5H3/i5D3. The molecule has 0 bridgehead atoms. The van der Waals surface area contributed by atoms with E-state index >= 15 is 0 Å². The molecule has 8 rings (SSSR count). The molecule has 0 aliphatic heterocycles. The summed E-state index contributed by atoms with van der Waals surface area (Å²) in [6.07, 6.45) is 0. The van der Waals surface area contributed by atoms with Crippen LogP contribution in [0.2, 0.25) is 0 Å². The fourth-order valence-electron chi connectivity index (χ4n) is 6.78. The molecule has 43 heavy (non-hydrogen) atoms. The van der Waals surface area contributed by atoms with E-state index < -0.39 is 6.85 Å². The summed E-state index contributed by atoms with van der Waals surface area (Å²) in [6.45, 7) is 6.74. The summed E-state index contributed by atoms with van der Waals surface area (Å²) in [5.74, 6) is 1.46. The second-order valence-corrected chi connectivity index (χ2v) is 12.2. The van der Waals surface area contributed by atoms with Crippen LogP contribution >= 0.6 is 0 Å². The number of rotatable bonds is 4. The van der Waals surface area contributed by atoms with Crippen molar-refractivity contribution in [3.05, 3.63) is 120 Å². The Kier molecular flexibility index (Phi) is 5.05. The molecular formula is C40H34N2O. The van der Waals surface area contributed by atoms with Crippen LogP contribution in [0.1, 0.15) is 60.3 Å². The molecule has 8 aromatic rings. The number of hydrogen-bond acceptors (Lipinski definition) is 2. The van der Waals surface area contributed by atoms with Gasteiger partial charge < -0.3 is 4.42 Å². The van der Waals surface area contributed by atoms with Crippen molar-refractivity contribution in [2.24, 2.45) is 0 Å². The number of benzene rings is 6. The highest BCUT2D eigenvalue weighted by Gasteiger charge is 2.24. The van der Waals surface area contributed by atoms with Crippen molar-refractivity contribution in [2.75, 3.05) is 0 Å². The molecule has 0 amide bonds. The molecule has 2 aromatic heterocycles. The van der Waals surface area contributed by atoms with Gasteiger partial charge in [-0.3, -0.25) is 4.57 Å². The van der Waals surface area contributed by atoms with E-state index in [0.29, 0.717) is 17.4 Å². The van der Waals surface area contributed by atoms with Gasteiger partial charge in [-0.1, -0.05) is 100 Å². The Balaban J connectivity index is 1.46. The van der Waals surface area contributed by atoms with Crippen molar-refractivity contribution < 1.29 is 8.53 Å². The SMILES string of the molecule is [2H]C([2H])([2H])c1cc2cc3oc4c(-c5nc6ccccc6n5-c5c(C(C)C)cccc5C(C)C)cccc4c3cc2c2ccccc12. The molecule has 0 spiro atoms. The number of aromatic nitrogens is 2. The Morgan fingerprint density at radius 1 is 0.674 bits per heavy atom. The molecule has 0 unspecified atom stereocenters. The first-order valence-electron chi connectivity index (χ1n) is 16.5. The average Bonchev–Trinajstić information content (AvgIpc) is 3.60. The fourth-order valence-corrected chi connectivity index (χ4v) is 6.78. The monoisotopic (exact) mass is 561 g/mol. The molecule has 0 fully saturated rings. The third-order valence-electron chi connectivity index (χ3n) is 8.84. The number of aryl methyl sites for hydroxylation is 1. The molecule has 0 saturated heterocycles. The smallest absolute Gasteiger partial charge is 0.149 e. The van der Waals surface area contributed by atoms with E-state index in [4.69, 9.17) is 13.5 Å². The Bertz CT molecular complexity index is 2450. The second-order valence-electron chi connectivity index (χ2n) is 12.2. The molecule has 0 aliphatic rings. The maximum atomic E-state index is 8.22. The van der Waals surface area contributed by atoms with Crippen molar-refractivity contribution in [1.82, 2.24) is 9.55 Å². The van der Waals surface area contributed by atoms with Crippen molar-refractivity contribution in [2.45, 2.75) is 46.4 Å². The lowest BCUT2D eigenvalue weighted by Gasteiger charge is -2.22.